The summed E-state index contributed by atoms with van der Waals surface area (Å²) in [4.78, 5) is 12.8. The molecule has 0 aromatic carbocycles. The zero-order chi connectivity index (χ0) is 34.6. The maximum atomic E-state index is 12.8. The topological polar surface area (TPSA) is 26.3 Å². The predicted octanol–water partition coefficient (Wildman–Crippen LogP) is 13.9. The van der Waals surface area contributed by atoms with Gasteiger partial charge < -0.3 is 4.74 Å². The Balaban J connectivity index is 1.16. The Morgan fingerprint density at radius 3 is 2.15 bits per heavy atom. The number of rotatable bonds is 20. The van der Waals surface area contributed by atoms with E-state index in [1.165, 1.54) is 96.3 Å². The molecule has 4 aliphatic rings. The second-order valence-electron chi connectivity index (χ2n) is 17.6. The van der Waals surface area contributed by atoms with Gasteiger partial charge in [0.1, 0.15) is 6.10 Å². The van der Waals surface area contributed by atoms with Gasteiger partial charge in [-0.3, -0.25) is 4.79 Å². The number of unbranched alkanes of at least 4 members (excludes halogenated alkanes) is 11. The maximum Gasteiger partial charge on any atom is 0.306 e. The van der Waals surface area contributed by atoms with E-state index in [0.717, 1.165) is 43.9 Å². The van der Waals surface area contributed by atoms with E-state index < -0.39 is 0 Å². The Labute approximate surface area is 298 Å². The van der Waals surface area contributed by atoms with Crippen molar-refractivity contribution in [2.75, 3.05) is 0 Å². The lowest BCUT2D eigenvalue weighted by atomic mass is 9.50. The summed E-state index contributed by atoms with van der Waals surface area (Å²) in [5.74, 6) is 4.24. The predicted molar refractivity (Wildman–Crippen MR) is 207 cm³/mol. The second kappa shape index (κ2) is 19.2. The Bertz CT molecular complexity index is 1110. The van der Waals surface area contributed by atoms with Gasteiger partial charge in [-0.05, 0) is 117 Å². The first-order valence-corrected chi connectivity index (χ1v) is 21.0. The monoisotopic (exact) mass is 661 g/mol. The smallest absolute Gasteiger partial charge is 0.306 e. The van der Waals surface area contributed by atoms with Crippen LogP contribution in [0.1, 0.15) is 183 Å². The number of carbonyl (C=O) groups excluding carboxylic acids is 1. The summed E-state index contributed by atoms with van der Waals surface area (Å²) in [5, 5.41) is 0. The van der Waals surface area contributed by atoms with Gasteiger partial charge >= 0.3 is 5.97 Å². The molecule has 2 heteroatoms. The lowest BCUT2D eigenvalue weighted by Crippen LogP contribution is -2.46. The van der Waals surface area contributed by atoms with Crippen LogP contribution in [0.15, 0.2) is 47.6 Å². The average Bonchev–Trinajstić information content (AvgIpc) is 3.42. The van der Waals surface area contributed by atoms with Crippen molar-refractivity contribution in [1.82, 2.24) is 0 Å². The molecule has 3 saturated carbocycles. The van der Waals surface area contributed by atoms with Crippen molar-refractivity contribution in [2.45, 2.75) is 189 Å². The third kappa shape index (κ3) is 10.2. The van der Waals surface area contributed by atoms with Crippen LogP contribution in [-0.4, -0.2) is 12.1 Å². The number of hydrogen-bond donors (Lipinski definition) is 0. The van der Waals surface area contributed by atoms with Gasteiger partial charge in [-0.2, -0.15) is 0 Å². The Kier molecular flexibility index (Phi) is 15.6. The summed E-state index contributed by atoms with van der Waals surface area (Å²) in [6, 6.07) is 0. The van der Waals surface area contributed by atoms with Crippen molar-refractivity contribution in [3.8, 4) is 0 Å². The third-order valence-electron chi connectivity index (χ3n) is 13.9. The Morgan fingerprint density at radius 2 is 1.46 bits per heavy atom. The highest BCUT2D eigenvalue weighted by atomic mass is 16.5. The van der Waals surface area contributed by atoms with Gasteiger partial charge in [0, 0.05) is 12.8 Å². The molecule has 8 atom stereocenters. The van der Waals surface area contributed by atoms with E-state index in [4.69, 9.17) is 4.74 Å². The second-order valence-corrected chi connectivity index (χ2v) is 17.6. The highest BCUT2D eigenvalue weighted by Crippen LogP contribution is 2.66. The first-order valence-electron chi connectivity index (χ1n) is 21.0. The largest absolute Gasteiger partial charge is 0.462 e. The molecule has 0 amide bonds. The van der Waals surface area contributed by atoms with Gasteiger partial charge in [0.2, 0.25) is 0 Å². The number of allylic oxidation sites excluding steroid dienone is 7. The van der Waals surface area contributed by atoms with Crippen molar-refractivity contribution in [3.63, 3.8) is 0 Å². The molecule has 4 rings (SSSR count). The van der Waals surface area contributed by atoms with Crippen LogP contribution < -0.4 is 0 Å². The number of hydrogen-bond acceptors (Lipinski definition) is 2. The van der Waals surface area contributed by atoms with Crippen molar-refractivity contribution in [3.05, 3.63) is 47.6 Å². The van der Waals surface area contributed by atoms with Gasteiger partial charge in [0.25, 0.3) is 0 Å². The minimum atomic E-state index is 0.0326. The molecular formula is C46H76O2. The van der Waals surface area contributed by atoms with E-state index in [1.54, 1.807) is 11.1 Å². The van der Waals surface area contributed by atoms with Crippen LogP contribution in [0, 0.1) is 46.3 Å². The van der Waals surface area contributed by atoms with E-state index >= 15 is 0 Å². The number of fused-ring (bicyclic) bond motifs is 5. The van der Waals surface area contributed by atoms with Crippen LogP contribution >= 0.6 is 0 Å². The molecule has 272 valence electrons. The van der Waals surface area contributed by atoms with E-state index in [1.807, 2.05) is 0 Å². The fraction of sp³-hybridized carbons (Fsp3) is 0.804. The Morgan fingerprint density at radius 1 is 0.792 bits per heavy atom. The summed E-state index contributed by atoms with van der Waals surface area (Å²) in [6.45, 7) is 17.0. The van der Waals surface area contributed by atoms with Gasteiger partial charge in [0.05, 0.1) is 0 Å². The minimum Gasteiger partial charge on any atom is -0.462 e. The molecule has 4 aliphatic carbocycles. The van der Waals surface area contributed by atoms with Gasteiger partial charge in [-0.1, -0.05) is 147 Å². The number of ether oxygens (including phenoxy) is 1. The quantitative estimate of drug-likeness (QED) is 0.0738. The lowest BCUT2D eigenvalue weighted by molar-refractivity contribution is -0.151. The molecule has 0 radical (unpaired) electrons. The normalized spacial score (nSPS) is 31.3. The molecule has 3 fully saturated rings. The average molecular weight is 661 g/mol. The molecular weight excluding hydrogens is 585 g/mol. The lowest BCUT2D eigenvalue weighted by Gasteiger charge is -2.55. The van der Waals surface area contributed by atoms with Crippen LogP contribution in [-0.2, 0) is 9.53 Å². The van der Waals surface area contributed by atoms with Crippen LogP contribution in [0.2, 0.25) is 0 Å². The van der Waals surface area contributed by atoms with Crippen molar-refractivity contribution < 1.29 is 9.53 Å². The summed E-state index contributed by atoms with van der Waals surface area (Å²) in [7, 11) is 0. The van der Waals surface area contributed by atoms with Crippen LogP contribution in [0.4, 0.5) is 0 Å². The summed E-state index contributed by atoms with van der Waals surface area (Å²) in [5.41, 5.74) is 3.99. The summed E-state index contributed by atoms with van der Waals surface area (Å²) < 4.78 is 6.10. The molecule has 2 nitrogen and oxygen atoms in total. The molecule has 1 unspecified atom stereocenters. The fourth-order valence-electron chi connectivity index (χ4n) is 10.3. The first kappa shape index (κ1) is 39.2. The molecule has 0 heterocycles. The molecule has 0 aromatic rings. The standard InChI is InChI=1S/C46H76O2/c1-8-9-10-11-12-13-14-15-16-17-18-19-20-21-22-23-44(47)48-39-30-32-45(6)38(34-39)26-27-40-42-29-28-41(46(42,7)33-31-43(40)45)37(5)25-24-36(4)35(2)3/h15-16,24-27,35-37,39,41-43H,8-14,17-23,28-34H2,1-7H3/b16-15-,25-24?/t36-,37+,39?,41+,42-,43-,45-,46+/m0/s1. The highest BCUT2D eigenvalue weighted by Gasteiger charge is 2.57. The molecule has 0 aromatic heterocycles. The third-order valence-corrected chi connectivity index (χ3v) is 13.9. The SMILES string of the molecule is CCCCCCCC/C=C\CCCCCCCC(=O)OC1CC[C@@]2(C)C(=CC=C3[C@@H]4CC[C@H]([C@H](C)C=C[C@H](C)C(C)C)[C@@]4(C)CC[C@@H]32)C1. The molecule has 0 N–H and O–H groups in total. The van der Waals surface area contributed by atoms with E-state index in [0.29, 0.717) is 35.5 Å². The van der Waals surface area contributed by atoms with Crippen molar-refractivity contribution in [1.29, 1.82) is 0 Å². The van der Waals surface area contributed by atoms with Crippen molar-refractivity contribution in [2.24, 2.45) is 46.3 Å². The zero-order valence-corrected chi connectivity index (χ0v) is 32.7. The molecule has 0 bridgehead atoms. The zero-order valence-electron chi connectivity index (χ0n) is 32.7. The van der Waals surface area contributed by atoms with E-state index in [-0.39, 0.29) is 17.5 Å². The minimum absolute atomic E-state index is 0.0326. The fourth-order valence-corrected chi connectivity index (χ4v) is 10.3. The number of esters is 1. The van der Waals surface area contributed by atoms with E-state index in [2.05, 4.69) is 84.9 Å². The molecule has 48 heavy (non-hydrogen) atoms. The molecule has 0 spiro atoms. The summed E-state index contributed by atoms with van der Waals surface area (Å²) in [6.07, 6.45) is 40.7. The molecule has 0 aliphatic heterocycles. The van der Waals surface area contributed by atoms with Crippen molar-refractivity contribution >= 4 is 5.97 Å². The van der Waals surface area contributed by atoms with Gasteiger partial charge in [-0.15, -0.1) is 0 Å². The first-order chi connectivity index (χ1) is 23.1. The van der Waals surface area contributed by atoms with E-state index in [9.17, 15) is 4.79 Å². The summed E-state index contributed by atoms with van der Waals surface area (Å²) >= 11 is 0. The molecule has 0 saturated heterocycles. The van der Waals surface area contributed by atoms with Crippen LogP contribution in [0.25, 0.3) is 0 Å². The highest BCUT2D eigenvalue weighted by molar-refractivity contribution is 5.69. The van der Waals surface area contributed by atoms with Crippen LogP contribution in [0.3, 0.4) is 0 Å². The number of carbonyl (C=O) groups is 1. The maximum absolute atomic E-state index is 12.8. The van der Waals surface area contributed by atoms with Gasteiger partial charge in [-0.25, -0.2) is 0 Å². The van der Waals surface area contributed by atoms with Crippen LogP contribution in [0.5, 0.6) is 0 Å². The van der Waals surface area contributed by atoms with Gasteiger partial charge in [0.15, 0.2) is 0 Å². The Hall–Kier alpha value is -1.57.